The molecule has 8 heteroatoms. The first kappa shape index (κ1) is 22.2. The van der Waals surface area contributed by atoms with Gasteiger partial charge in [0.1, 0.15) is 0 Å². The number of likely N-dealkylation sites (N-methyl/N-ethyl adjacent to an activating group) is 2. The lowest BCUT2D eigenvalue weighted by Gasteiger charge is -2.25. The van der Waals surface area contributed by atoms with Crippen LogP contribution in [0.5, 0.6) is 0 Å². The van der Waals surface area contributed by atoms with Gasteiger partial charge in [0.25, 0.3) is 0 Å². The van der Waals surface area contributed by atoms with Crippen molar-refractivity contribution in [1.29, 1.82) is 0 Å². The highest BCUT2D eigenvalue weighted by Gasteiger charge is 2.17. The average molecular weight is 334 g/mol. The molecular formula is C15H34N4O4. The molecule has 0 amide bonds. The van der Waals surface area contributed by atoms with Crippen molar-refractivity contribution < 1.29 is 20.1 Å². The first-order valence-corrected chi connectivity index (χ1v) is 8.10. The van der Waals surface area contributed by atoms with Gasteiger partial charge in [0, 0.05) is 39.3 Å². The zero-order valence-electron chi connectivity index (χ0n) is 15.0. The molecule has 0 saturated heterocycles. The Balaban J connectivity index is 3.91. The fraction of sp³-hybridized carbons (Fsp3) is 0.933. The van der Waals surface area contributed by atoms with Gasteiger partial charge >= 0.3 is 5.97 Å². The van der Waals surface area contributed by atoms with Crippen molar-refractivity contribution in [3.63, 3.8) is 0 Å². The van der Waals surface area contributed by atoms with Crippen LogP contribution in [0.15, 0.2) is 0 Å². The minimum atomic E-state index is -1.68. The highest BCUT2D eigenvalue weighted by molar-refractivity contribution is 5.69. The quantitative estimate of drug-likeness (QED) is 0.226. The van der Waals surface area contributed by atoms with E-state index >= 15 is 0 Å². The van der Waals surface area contributed by atoms with E-state index in [0.29, 0.717) is 26.2 Å². The fourth-order valence-corrected chi connectivity index (χ4v) is 2.15. The molecule has 0 aromatic rings. The second-order valence-corrected chi connectivity index (χ2v) is 6.27. The predicted octanol–water partition coefficient (Wildman–Crippen LogP) is -1.45. The second kappa shape index (κ2) is 11.7. The summed E-state index contributed by atoms with van der Waals surface area (Å²) in [5.41, 5.74) is 0. The van der Waals surface area contributed by atoms with E-state index < -0.39 is 11.8 Å². The van der Waals surface area contributed by atoms with E-state index in [9.17, 15) is 15.0 Å². The number of hydrogen-bond acceptors (Lipinski definition) is 7. The monoisotopic (exact) mass is 334 g/mol. The van der Waals surface area contributed by atoms with Crippen LogP contribution in [0, 0.1) is 0 Å². The molecule has 0 heterocycles. The summed E-state index contributed by atoms with van der Waals surface area (Å²) >= 11 is 0. The molecule has 0 bridgehead atoms. The van der Waals surface area contributed by atoms with Crippen molar-refractivity contribution >= 4 is 5.97 Å². The molecule has 0 aliphatic carbocycles. The molecule has 8 nitrogen and oxygen atoms in total. The largest absolute Gasteiger partial charge is 0.480 e. The minimum Gasteiger partial charge on any atom is -0.480 e. The van der Waals surface area contributed by atoms with Gasteiger partial charge in [0.15, 0.2) is 5.79 Å². The normalized spacial score (nSPS) is 12.6. The summed E-state index contributed by atoms with van der Waals surface area (Å²) in [7, 11) is 3.84. The van der Waals surface area contributed by atoms with E-state index in [1.54, 1.807) is 0 Å². The van der Waals surface area contributed by atoms with E-state index in [0.717, 1.165) is 19.6 Å². The molecular weight excluding hydrogens is 300 g/mol. The number of carboxylic acids is 1. The third kappa shape index (κ3) is 14.5. The standard InChI is InChI=1S/C15H34N4O4/c1-5-17(3)10-11-19(12-14(20)21)9-7-16-6-8-18(4)13-15(2,22)23/h16,22-23H,5-13H2,1-4H3,(H,20,21). The molecule has 0 spiro atoms. The van der Waals surface area contributed by atoms with Crippen LogP contribution in [0.25, 0.3) is 0 Å². The van der Waals surface area contributed by atoms with Crippen LogP contribution in [0.2, 0.25) is 0 Å². The maximum atomic E-state index is 10.9. The highest BCUT2D eigenvalue weighted by atomic mass is 16.5. The summed E-state index contributed by atoms with van der Waals surface area (Å²) in [6, 6.07) is 0. The lowest BCUT2D eigenvalue weighted by Crippen LogP contribution is -2.43. The summed E-state index contributed by atoms with van der Waals surface area (Å²) in [4.78, 5) is 16.8. The van der Waals surface area contributed by atoms with Crippen molar-refractivity contribution in [2.75, 3.05) is 73.0 Å². The zero-order valence-corrected chi connectivity index (χ0v) is 15.0. The lowest BCUT2D eigenvalue weighted by molar-refractivity contribution is -0.156. The van der Waals surface area contributed by atoms with Gasteiger partial charge < -0.3 is 25.5 Å². The number of nitrogens with zero attached hydrogens (tertiary/aromatic N) is 3. The predicted molar refractivity (Wildman–Crippen MR) is 90.5 cm³/mol. The number of carbonyl (C=O) groups is 1. The first-order valence-electron chi connectivity index (χ1n) is 8.10. The zero-order chi connectivity index (χ0) is 17.9. The van der Waals surface area contributed by atoms with E-state index in [4.69, 9.17) is 5.11 Å². The summed E-state index contributed by atoms with van der Waals surface area (Å²) in [5.74, 6) is -2.49. The lowest BCUT2D eigenvalue weighted by atomic mass is 10.3. The van der Waals surface area contributed by atoms with Crippen molar-refractivity contribution in [2.45, 2.75) is 19.6 Å². The van der Waals surface area contributed by atoms with Gasteiger partial charge in [-0.1, -0.05) is 6.92 Å². The second-order valence-electron chi connectivity index (χ2n) is 6.27. The van der Waals surface area contributed by atoms with Gasteiger partial charge in [-0.05, 0) is 27.6 Å². The molecule has 0 aliphatic rings. The Bertz CT molecular complexity index is 323. The summed E-state index contributed by atoms with van der Waals surface area (Å²) < 4.78 is 0. The number of aliphatic carboxylic acids is 1. The number of rotatable bonds is 14. The summed E-state index contributed by atoms with van der Waals surface area (Å²) in [6.07, 6.45) is 0. The van der Waals surface area contributed by atoms with Crippen LogP contribution < -0.4 is 5.32 Å². The van der Waals surface area contributed by atoms with Crippen molar-refractivity contribution in [2.24, 2.45) is 0 Å². The van der Waals surface area contributed by atoms with E-state index in [-0.39, 0.29) is 13.1 Å². The third-order valence-corrected chi connectivity index (χ3v) is 3.54. The SMILES string of the molecule is CCN(C)CCN(CCNCCN(C)CC(C)(O)O)CC(=O)O. The van der Waals surface area contributed by atoms with Crippen molar-refractivity contribution in [3.8, 4) is 0 Å². The number of aliphatic hydroxyl groups is 2. The Morgan fingerprint density at radius 3 is 2.17 bits per heavy atom. The Hall–Kier alpha value is -0.770. The Labute approximate surface area is 139 Å². The number of carboxylic acid groups (broad SMARTS) is 1. The Kier molecular flexibility index (Phi) is 11.3. The summed E-state index contributed by atoms with van der Waals surface area (Å²) in [6.45, 7) is 8.95. The molecule has 0 aliphatic heterocycles. The third-order valence-electron chi connectivity index (χ3n) is 3.54. The number of nitrogens with one attached hydrogen (secondary N) is 1. The topological polar surface area (TPSA) is 99.5 Å². The van der Waals surface area contributed by atoms with Gasteiger partial charge in [-0.2, -0.15) is 0 Å². The molecule has 138 valence electrons. The Morgan fingerprint density at radius 1 is 1.04 bits per heavy atom. The molecule has 0 rings (SSSR count). The maximum Gasteiger partial charge on any atom is 0.317 e. The molecule has 0 unspecified atom stereocenters. The van der Waals surface area contributed by atoms with Crippen LogP contribution in [0.1, 0.15) is 13.8 Å². The van der Waals surface area contributed by atoms with Gasteiger partial charge in [-0.25, -0.2) is 0 Å². The van der Waals surface area contributed by atoms with Crippen LogP contribution in [-0.4, -0.2) is 115 Å². The highest BCUT2D eigenvalue weighted by Crippen LogP contribution is 1.98. The summed E-state index contributed by atoms with van der Waals surface area (Å²) in [5, 5.41) is 30.8. The van der Waals surface area contributed by atoms with Crippen molar-refractivity contribution in [1.82, 2.24) is 20.0 Å². The smallest absolute Gasteiger partial charge is 0.317 e. The fourth-order valence-electron chi connectivity index (χ4n) is 2.15. The van der Waals surface area contributed by atoms with E-state index in [1.165, 1.54) is 6.92 Å². The molecule has 0 aromatic carbocycles. The molecule has 0 saturated carbocycles. The molecule has 0 atom stereocenters. The molecule has 0 aromatic heterocycles. The van der Waals surface area contributed by atoms with Gasteiger partial charge in [-0.3, -0.25) is 14.6 Å². The first-order chi connectivity index (χ1) is 10.6. The van der Waals surface area contributed by atoms with Gasteiger partial charge in [-0.15, -0.1) is 0 Å². The van der Waals surface area contributed by atoms with Crippen LogP contribution in [0.3, 0.4) is 0 Å². The van der Waals surface area contributed by atoms with Crippen LogP contribution >= 0.6 is 0 Å². The molecule has 23 heavy (non-hydrogen) atoms. The maximum absolute atomic E-state index is 10.9. The van der Waals surface area contributed by atoms with E-state index in [1.807, 2.05) is 23.9 Å². The van der Waals surface area contributed by atoms with E-state index in [2.05, 4.69) is 17.1 Å². The van der Waals surface area contributed by atoms with Crippen LogP contribution in [-0.2, 0) is 4.79 Å². The van der Waals surface area contributed by atoms with Crippen LogP contribution in [0.4, 0.5) is 0 Å². The van der Waals surface area contributed by atoms with Crippen molar-refractivity contribution in [3.05, 3.63) is 0 Å². The average Bonchev–Trinajstić information content (AvgIpc) is 2.41. The minimum absolute atomic E-state index is 0.0481. The molecule has 4 N–H and O–H groups in total. The molecule has 0 radical (unpaired) electrons. The Morgan fingerprint density at radius 2 is 1.65 bits per heavy atom. The van der Waals surface area contributed by atoms with Gasteiger partial charge in [0.05, 0.1) is 13.1 Å². The number of hydrogen-bond donors (Lipinski definition) is 4. The molecule has 0 fully saturated rings. The van der Waals surface area contributed by atoms with Gasteiger partial charge in [0.2, 0.25) is 0 Å².